The first-order valence-electron chi connectivity index (χ1n) is 10.4. The fraction of sp³-hybridized carbons (Fsp3) is 0.292. The van der Waals surface area contributed by atoms with E-state index in [-0.39, 0.29) is 12.3 Å². The standard InChI is InChI=1S/C24H28N4O5/c1-24(2,3)33-23(30)26-13-14-32-19-9-5-16(6-10-19)21-15-20(22(25)29)27-28(21)17-7-11-18(31-4)12-8-17/h5-12,15H,13-14H2,1-4H3,(H2,25,29)(H,26,30). The highest BCUT2D eigenvalue weighted by Crippen LogP contribution is 2.27. The molecule has 0 saturated carbocycles. The Bertz CT molecular complexity index is 1100. The van der Waals surface area contributed by atoms with E-state index in [4.69, 9.17) is 19.9 Å². The van der Waals surface area contributed by atoms with E-state index in [0.29, 0.717) is 23.7 Å². The van der Waals surface area contributed by atoms with Crippen LogP contribution in [0.5, 0.6) is 11.5 Å². The van der Waals surface area contributed by atoms with Gasteiger partial charge in [-0.15, -0.1) is 0 Å². The number of primary amides is 1. The number of rotatable bonds is 8. The van der Waals surface area contributed by atoms with Gasteiger partial charge in [-0.25, -0.2) is 9.48 Å². The summed E-state index contributed by atoms with van der Waals surface area (Å²) in [6.07, 6.45) is -0.488. The number of methoxy groups -OCH3 is 1. The number of amides is 2. The molecule has 2 amide bonds. The first-order chi connectivity index (χ1) is 15.7. The summed E-state index contributed by atoms with van der Waals surface area (Å²) in [5.74, 6) is 0.738. The molecule has 0 atom stereocenters. The zero-order valence-electron chi connectivity index (χ0n) is 19.1. The summed E-state index contributed by atoms with van der Waals surface area (Å²) in [5.41, 5.74) is 7.35. The molecule has 0 bridgehead atoms. The van der Waals surface area contributed by atoms with Crippen molar-refractivity contribution in [2.24, 2.45) is 5.73 Å². The number of ether oxygens (including phenoxy) is 3. The van der Waals surface area contributed by atoms with Gasteiger partial charge in [-0.2, -0.15) is 5.10 Å². The molecular formula is C24H28N4O5. The van der Waals surface area contributed by atoms with Gasteiger partial charge in [-0.3, -0.25) is 4.79 Å². The third-order valence-electron chi connectivity index (χ3n) is 4.47. The Morgan fingerprint density at radius 1 is 1.03 bits per heavy atom. The monoisotopic (exact) mass is 452 g/mol. The molecule has 0 aliphatic carbocycles. The molecule has 0 spiro atoms. The quantitative estimate of drug-likeness (QED) is 0.505. The molecule has 1 aromatic heterocycles. The second kappa shape index (κ2) is 10.1. The van der Waals surface area contributed by atoms with Crippen molar-refractivity contribution in [1.82, 2.24) is 15.1 Å². The van der Waals surface area contributed by atoms with E-state index >= 15 is 0 Å². The molecule has 2 aromatic carbocycles. The van der Waals surface area contributed by atoms with E-state index in [1.165, 1.54) is 0 Å². The Balaban J connectivity index is 1.69. The van der Waals surface area contributed by atoms with Crippen LogP contribution in [0.1, 0.15) is 31.3 Å². The molecule has 9 heteroatoms. The van der Waals surface area contributed by atoms with Crippen LogP contribution in [0.2, 0.25) is 0 Å². The number of nitrogens with zero attached hydrogens (tertiary/aromatic N) is 2. The molecule has 0 saturated heterocycles. The lowest BCUT2D eigenvalue weighted by Gasteiger charge is -2.19. The fourth-order valence-electron chi connectivity index (χ4n) is 2.99. The molecule has 0 fully saturated rings. The van der Waals surface area contributed by atoms with Crippen molar-refractivity contribution in [2.45, 2.75) is 26.4 Å². The molecule has 0 radical (unpaired) electrons. The number of carbonyl (C=O) groups excluding carboxylic acids is 2. The second-order valence-corrected chi connectivity index (χ2v) is 8.19. The molecule has 174 valence electrons. The summed E-state index contributed by atoms with van der Waals surface area (Å²) in [4.78, 5) is 23.4. The summed E-state index contributed by atoms with van der Waals surface area (Å²) < 4.78 is 17.7. The van der Waals surface area contributed by atoms with Crippen LogP contribution in [0.4, 0.5) is 4.79 Å². The number of nitrogens with two attached hydrogens (primary N) is 1. The smallest absolute Gasteiger partial charge is 0.407 e. The average Bonchev–Trinajstić information content (AvgIpc) is 3.22. The SMILES string of the molecule is COc1ccc(-n2nc(C(N)=O)cc2-c2ccc(OCCNC(=O)OC(C)(C)C)cc2)cc1. The van der Waals surface area contributed by atoms with Crippen LogP contribution in [0, 0.1) is 0 Å². The van der Waals surface area contributed by atoms with Crippen LogP contribution >= 0.6 is 0 Å². The Morgan fingerprint density at radius 3 is 2.24 bits per heavy atom. The Kier molecular flexibility index (Phi) is 7.22. The average molecular weight is 453 g/mol. The van der Waals surface area contributed by atoms with Gasteiger partial charge in [0.25, 0.3) is 5.91 Å². The number of alkyl carbamates (subject to hydrolysis) is 1. The maximum absolute atomic E-state index is 11.7. The summed E-state index contributed by atoms with van der Waals surface area (Å²) >= 11 is 0. The molecule has 9 nitrogen and oxygen atoms in total. The van der Waals surface area contributed by atoms with E-state index in [1.54, 1.807) is 50.8 Å². The maximum atomic E-state index is 11.7. The molecule has 3 aromatic rings. The lowest BCUT2D eigenvalue weighted by molar-refractivity contribution is 0.0520. The lowest BCUT2D eigenvalue weighted by Crippen LogP contribution is -2.34. The third-order valence-corrected chi connectivity index (χ3v) is 4.47. The third kappa shape index (κ3) is 6.49. The highest BCUT2D eigenvalue weighted by Gasteiger charge is 2.16. The fourth-order valence-corrected chi connectivity index (χ4v) is 2.99. The topological polar surface area (TPSA) is 118 Å². The molecule has 3 N–H and O–H groups in total. The summed E-state index contributed by atoms with van der Waals surface area (Å²) in [6.45, 7) is 6.00. The number of hydrogen-bond donors (Lipinski definition) is 2. The second-order valence-electron chi connectivity index (χ2n) is 8.19. The van der Waals surface area contributed by atoms with Crippen molar-refractivity contribution in [3.05, 3.63) is 60.3 Å². The minimum absolute atomic E-state index is 0.161. The number of carbonyl (C=O) groups is 2. The summed E-state index contributed by atoms with van der Waals surface area (Å²) in [7, 11) is 1.59. The summed E-state index contributed by atoms with van der Waals surface area (Å²) in [6, 6.07) is 16.3. The zero-order valence-corrected chi connectivity index (χ0v) is 19.1. The highest BCUT2D eigenvalue weighted by atomic mass is 16.6. The zero-order chi connectivity index (χ0) is 24.0. The molecule has 3 rings (SSSR count). The van der Waals surface area contributed by atoms with Crippen LogP contribution in [0.25, 0.3) is 16.9 Å². The van der Waals surface area contributed by atoms with Crippen molar-refractivity contribution in [3.63, 3.8) is 0 Å². The van der Waals surface area contributed by atoms with Gasteiger partial charge in [0.15, 0.2) is 5.69 Å². The van der Waals surface area contributed by atoms with Crippen LogP contribution in [-0.2, 0) is 4.74 Å². The normalized spacial score (nSPS) is 11.0. The molecular weight excluding hydrogens is 424 g/mol. The number of hydrogen-bond acceptors (Lipinski definition) is 6. The van der Waals surface area contributed by atoms with Crippen molar-refractivity contribution in [2.75, 3.05) is 20.3 Å². The van der Waals surface area contributed by atoms with Crippen LogP contribution < -0.4 is 20.5 Å². The van der Waals surface area contributed by atoms with Gasteiger partial charge < -0.3 is 25.3 Å². The first kappa shape index (κ1) is 23.6. The molecule has 0 aliphatic rings. The van der Waals surface area contributed by atoms with Crippen molar-refractivity contribution >= 4 is 12.0 Å². The Morgan fingerprint density at radius 2 is 1.67 bits per heavy atom. The minimum Gasteiger partial charge on any atom is -0.497 e. The van der Waals surface area contributed by atoms with Crippen LogP contribution in [0.15, 0.2) is 54.6 Å². The highest BCUT2D eigenvalue weighted by molar-refractivity contribution is 5.92. The van der Waals surface area contributed by atoms with Crippen molar-refractivity contribution in [3.8, 4) is 28.4 Å². The van der Waals surface area contributed by atoms with Crippen molar-refractivity contribution in [1.29, 1.82) is 0 Å². The van der Waals surface area contributed by atoms with Crippen molar-refractivity contribution < 1.29 is 23.8 Å². The number of nitrogens with one attached hydrogen (secondary N) is 1. The summed E-state index contributed by atoms with van der Waals surface area (Å²) in [5, 5.41) is 7.00. The van der Waals surface area contributed by atoms with Gasteiger partial charge in [0.05, 0.1) is 25.0 Å². The predicted molar refractivity (Wildman–Crippen MR) is 124 cm³/mol. The Hall–Kier alpha value is -4.01. The molecule has 0 aliphatic heterocycles. The van der Waals surface area contributed by atoms with E-state index in [1.807, 2.05) is 36.4 Å². The van der Waals surface area contributed by atoms with Crippen LogP contribution in [0.3, 0.4) is 0 Å². The largest absolute Gasteiger partial charge is 0.497 e. The van der Waals surface area contributed by atoms with Crippen LogP contribution in [-0.4, -0.2) is 47.6 Å². The van der Waals surface area contributed by atoms with E-state index < -0.39 is 17.6 Å². The molecule has 0 unspecified atom stereocenters. The van der Waals surface area contributed by atoms with Gasteiger partial charge in [-0.1, -0.05) is 0 Å². The molecule has 33 heavy (non-hydrogen) atoms. The number of benzene rings is 2. The van der Waals surface area contributed by atoms with E-state index in [9.17, 15) is 9.59 Å². The number of aromatic nitrogens is 2. The maximum Gasteiger partial charge on any atom is 0.407 e. The van der Waals surface area contributed by atoms with Gasteiger partial charge in [0.2, 0.25) is 0 Å². The van der Waals surface area contributed by atoms with Gasteiger partial charge in [0.1, 0.15) is 23.7 Å². The minimum atomic E-state index is -0.610. The van der Waals surface area contributed by atoms with E-state index in [2.05, 4.69) is 10.4 Å². The van der Waals surface area contributed by atoms with Gasteiger partial charge in [0, 0.05) is 5.56 Å². The lowest BCUT2D eigenvalue weighted by atomic mass is 10.1. The first-order valence-corrected chi connectivity index (χ1v) is 10.4. The predicted octanol–water partition coefficient (Wildman–Crippen LogP) is 3.55. The van der Waals surface area contributed by atoms with Gasteiger partial charge >= 0.3 is 6.09 Å². The van der Waals surface area contributed by atoms with E-state index in [0.717, 1.165) is 11.3 Å². The molecule has 1 heterocycles. The Labute approximate surface area is 192 Å². The van der Waals surface area contributed by atoms with Gasteiger partial charge in [-0.05, 0) is 75.4 Å².